The molecule has 3 aromatic rings. The van der Waals surface area contributed by atoms with Gasteiger partial charge in [0.2, 0.25) is 5.91 Å². The third-order valence-corrected chi connectivity index (χ3v) is 5.95. The molecule has 30 heavy (non-hydrogen) atoms. The van der Waals surface area contributed by atoms with E-state index in [1.54, 1.807) is 50.2 Å². The molecule has 1 atom stereocenters. The van der Waals surface area contributed by atoms with Crippen LogP contribution in [0.4, 0.5) is 9.18 Å². The highest BCUT2D eigenvalue weighted by Crippen LogP contribution is 2.27. The number of carbonyl (C=O) groups excluding carboxylic acids is 2. The number of aromatic nitrogens is 2. The van der Waals surface area contributed by atoms with Crippen molar-refractivity contribution < 1.29 is 14.0 Å². The van der Waals surface area contributed by atoms with Crippen LogP contribution in [0.1, 0.15) is 12.5 Å². The quantitative estimate of drug-likeness (QED) is 0.512. The molecule has 1 saturated heterocycles. The number of para-hydroxylation sites is 1. The van der Waals surface area contributed by atoms with Gasteiger partial charge in [0, 0.05) is 13.1 Å². The normalized spacial score (nSPS) is 14.8. The van der Waals surface area contributed by atoms with Crippen LogP contribution in [0.25, 0.3) is 16.6 Å². The Bertz CT molecular complexity index is 1230. The smallest absolute Gasteiger partial charge is 0.324 e. The van der Waals surface area contributed by atoms with Crippen LogP contribution in [0.2, 0.25) is 0 Å². The fourth-order valence-electron chi connectivity index (χ4n) is 3.25. The molecule has 1 aliphatic rings. The molecule has 1 aromatic heterocycles. The number of urea groups is 1. The number of hydrogen-bond acceptors (Lipinski definition) is 5. The third-order valence-electron chi connectivity index (χ3n) is 4.91. The molecule has 0 saturated carbocycles. The van der Waals surface area contributed by atoms with Gasteiger partial charge in [0.1, 0.15) is 5.82 Å². The van der Waals surface area contributed by atoms with Gasteiger partial charge in [0.25, 0.3) is 5.56 Å². The molecule has 2 aromatic carbocycles. The summed E-state index contributed by atoms with van der Waals surface area (Å²) in [6.45, 7) is 3.99. The molecule has 154 valence electrons. The fraction of sp³-hybridized carbons (Fsp3) is 0.238. The number of imide groups is 1. The van der Waals surface area contributed by atoms with Crippen molar-refractivity contribution in [3.05, 3.63) is 64.2 Å². The minimum absolute atomic E-state index is 0.252. The minimum Gasteiger partial charge on any atom is -0.336 e. The van der Waals surface area contributed by atoms with Gasteiger partial charge in [-0.15, -0.1) is 0 Å². The number of aryl methyl sites for hydroxylation is 1. The molecule has 9 heteroatoms. The second kappa shape index (κ2) is 7.91. The Morgan fingerprint density at radius 1 is 1.23 bits per heavy atom. The zero-order valence-corrected chi connectivity index (χ0v) is 17.2. The van der Waals surface area contributed by atoms with E-state index in [9.17, 15) is 18.8 Å². The van der Waals surface area contributed by atoms with Crippen molar-refractivity contribution >= 4 is 34.6 Å². The number of nitrogens with one attached hydrogen (secondary N) is 1. The predicted molar refractivity (Wildman–Crippen MR) is 112 cm³/mol. The second-order valence-corrected chi connectivity index (χ2v) is 8.28. The summed E-state index contributed by atoms with van der Waals surface area (Å²) >= 11 is 1.06. The zero-order chi connectivity index (χ0) is 21.4. The number of amides is 3. The molecule has 0 bridgehead atoms. The molecule has 4 rings (SSSR count). The van der Waals surface area contributed by atoms with Crippen molar-refractivity contribution in [3.8, 4) is 5.69 Å². The summed E-state index contributed by atoms with van der Waals surface area (Å²) in [4.78, 5) is 43.5. The SMILES string of the molecule is Cc1ccc(-n2c(SC(C)C(=O)N3CCNC3=O)nc3ccccc3c2=O)cc1F. The van der Waals surface area contributed by atoms with Crippen LogP contribution in [-0.2, 0) is 4.79 Å². The molecule has 1 unspecified atom stereocenters. The highest BCUT2D eigenvalue weighted by atomic mass is 32.2. The molecule has 0 spiro atoms. The van der Waals surface area contributed by atoms with E-state index in [0.29, 0.717) is 35.2 Å². The maximum Gasteiger partial charge on any atom is 0.324 e. The van der Waals surface area contributed by atoms with E-state index in [-0.39, 0.29) is 16.6 Å². The average Bonchev–Trinajstić information content (AvgIpc) is 3.16. The Hall–Kier alpha value is -3.20. The van der Waals surface area contributed by atoms with Crippen LogP contribution in [0.3, 0.4) is 0 Å². The lowest BCUT2D eigenvalue weighted by Crippen LogP contribution is -2.39. The van der Waals surface area contributed by atoms with Gasteiger partial charge in [-0.25, -0.2) is 14.2 Å². The molecule has 1 fully saturated rings. The highest BCUT2D eigenvalue weighted by molar-refractivity contribution is 8.00. The van der Waals surface area contributed by atoms with Crippen LogP contribution >= 0.6 is 11.8 Å². The Kier molecular flexibility index (Phi) is 5.29. The van der Waals surface area contributed by atoms with E-state index in [1.807, 2.05) is 0 Å². The number of hydrogen-bond donors (Lipinski definition) is 1. The van der Waals surface area contributed by atoms with E-state index in [1.165, 1.54) is 10.6 Å². The second-order valence-electron chi connectivity index (χ2n) is 6.97. The summed E-state index contributed by atoms with van der Waals surface area (Å²) in [5.41, 5.74) is 0.901. The minimum atomic E-state index is -0.677. The molecular formula is C21H19FN4O3S. The van der Waals surface area contributed by atoms with E-state index >= 15 is 0 Å². The summed E-state index contributed by atoms with van der Waals surface area (Å²) in [7, 11) is 0. The largest absolute Gasteiger partial charge is 0.336 e. The van der Waals surface area contributed by atoms with Crippen LogP contribution < -0.4 is 10.9 Å². The maximum absolute atomic E-state index is 14.2. The van der Waals surface area contributed by atoms with Gasteiger partial charge in [-0.3, -0.25) is 19.1 Å². The van der Waals surface area contributed by atoms with Gasteiger partial charge in [0.05, 0.1) is 21.8 Å². The molecule has 1 N–H and O–H groups in total. The molecule has 7 nitrogen and oxygen atoms in total. The topological polar surface area (TPSA) is 84.3 Å². The Labute approximate surface area is 175 Å². The Morgan fingerprint density at radius 2 is 2.00 bits per heavy atom. The third kappa shape index (κ3) is 3.56. The first-order chi connectivity index (χ1) is 14.4. The van der Waals surface area contributed by atoms with Crippen molar-refractivity contribution in [3.63, 3.8) is 0 Å². The summed E-state index contributed by atoms with van der Waals surface area (Å²) in [6, 6.07) is 10.9. The van der Waals surface area contributed by atoms with Crippen LogP contribution in [0, 0.1) is 12.7 Å². The van der Waals surface area contributed by atoms with E-state index in [0.717, 1.165) is 16.7 Å². The summed E-state index contributed by atoms with van der Waals surface area (Å²) < 4.78 is 15.5. The van der Waals surface area contributed by atoms with Crippen molar-refractivity contribution in [1.82, 2.24) is 19.8 Å². The van der Waals surface area contributed by atoms with Crippen molar-refractivity contribution in [1.29, 1.82) is 0 Å². The van der Waals surface area contributed by atoms with Gasteiger partial charge in [-0.2, -0.15) is 0 Å². The molecular weight excluding hydrogens is 407 g/mol. The monoisotopic (exact) mass is 426 g/mol. The lowest BCUT2D eigenvalue weighted by Gasteiger charge is -2.19. The number of thioether (sulfide) groups is 1. The van der Waals surface area contributed by atoms with E-state index in [4.69, 9.17) is 0 Å². The van der Waals surface area contributed by atoms with Gasteiger partial charge in [-0.05, 0) is 43.7 Å². The predicted octanol–water partition coefficient (Wildman–Crippen LogP) is 2.87. The molecule has 0 radical (unpaired) electrons. The standard InChI is InChI=1S/C21H19FN4O3S/c1-12-7-8-14(11-16(12)22)26-19(28)15-5-3-4-6-17(15)24-21(26)30-13(2)18(27)25-10-9-23-20(25)29/h3-8,11,13H,9-10H2,1-2H3,(H,23,29). The van der Waals surface area contributed by atoms with Gasteiger partial charge in [-0.1, -0.05) is 30.0 Å². The zero-order valence-electron chi connectivity index (χ0n) is 16.4. The number of benzene rings is 2. The van der Waals surface area contributed by atoms with Crippen molar-refractivity contribution in [2.24, 2.45) is 0 Å². The fourth-order valence-corrected chi connectivity index (χ4v) is 4.24. The van der Waals surface area contributed by atoms with Crippen LogP contribution in [-0.4, -0.2) is 44.7 Å². The number of rotatable bonds is 4. The number of fused-ring (bicyclic) bond motifs is 1. The van der Waals surface area contributed by atoms with Crippen molar-refractivity contribution in [2.75, 3.05) is 13.1 Å². The van der Waals surface area contributed by atoms with Gasteiger partial charge < -0.3 is 5.32 Å². The molecule has 1 aliphatic heterocycles. The van der Waals surface area contributed by atoms with E-state index in [2.05, 4.69) is 10.3 Å². The number of halogens is 1. The summed E-state index contributed by atoms with van der Waals surface area (Å²) in [6.07, 6.45) is 0. The molecule has 3 amide bonds. The number of carbonyl (C=O) groups is 2. The molecule has 2 heterocycles. The Morgan fingerprint density at radius 3 is 2.70 bits per heavy atom. The summed E-state index contributed by atoms with van der Waals surface area (Å²) in [5.74, 6) is -0.819. The summed E-state index contributed by atoms with van der Waals surface area (Å²) in [5, 5.41) is 2.56. The van der Waals surface area contributed by atoms with Crippen molar-refractivity contribution in [2.45, 2.75) is 24.3 Å². The lowest BCUT2D eigenvalue weighted by atomic mass is 10.2. The number of nitrogens with zero attached hydrogens (tertiary/aromatic N) is 3. The first-order valence-corrected chi connectivity index (χ1v) is 10.3. The maximum atomic E-state index is 14.2. The first kappa shape index (κ1) is 20.1. The molecule has 0 aliphatic carbocycles. The average molecular weight is 426 g/mol. The van der Waals surface area contributed by atoms with Gasteiger partial charge >= 0.3 is 6.03 Å². The highest BCUT2D eigenvalue weighted by Gasteiger charge is 2.31. The van der Waals surface area contributed by atoms with Crippen LogP contribution in [0.15, 0.2) is 52.4 Å². The lowest BCUT2D eigenvalue weighted by molar-refractivity contribution is -0.126. The van der Waals surface area contributed by atoms with Gasteiger partial charge in [0.15, 0.2) is 5.16 Å². The van der Waals surface area contributed by atoms with Crippen LogP contribution in [0.5, 0.6) is 0 Å². The first-order valence-electron chi connectivity index (χ1n) is 9.41. The van der Waals surface area contributed by atoms with E-state index < -0.39 is 17.1 Å². The Balaban J connectivity index is 1.81.